The Balaban J connectivity index is 1.58. The lowest BCUT2D eigenvalue weighted by Crippen LogP contribution is -2.25. The van der Waals surface area contributed by atoms with Crippen LogP contribution >= 0.6 is 27.5 Å². The number of hydrogen-bond donors (Lipinski definition) is 0. The topological polar surface area (TPSA) is 25.4 Å². The Kier molecular flexibility index (Phi) is 6.45. The van der Waals surface area contributed by atoms with Crippen molar-refractivity contribution in [3.63, 3.8) is 0 Å². The SMILES string of the molecule is CCCC(CCN(C)Oc1ccc2cnsc2c1)c1ccc(Br)cc1. The number of halogens is 1. The van der Waals surface area contributed by atoms with Crippen LogP contribution in [0, 0.1) is 0 Å². The Morgan fingerprint density at radius 1 is 1.16 bits per heavy atom. The maximum Gasteiger partial charge on any atom is 0.148 e. The number of hydrogen-bond acceptors (Lipinski definition) is 4. The molecule has 0 aliphatic heterocycles. The van der Waals surface area contributed by atoms with E-state index < -0.39 is 0 Å². The molecule has 1 aromatic heterocycles. The average molecular weight is 419 g/mol. The molecule has 5 heteroatoms. The summed E-state index contributed by atoms with van der Waals surface area (Å²) in [5.74, 6) is 1.43. The molecule has 0 saturated carbocycles. The van der Waals surface area contributed by atoms with Gasteiger partial charge in [0.05, 0.1) is 4.70 Å². The Bertz CT molecular complexity index is 803. The molecule has 3 aromatic rings. The highest BCUT2D eigenvalue weighted by molar-refractivity contribution is 9.10. The minimum Gasteiger partial charge on any atom is -0.406 e. The number of aromatic nitrogens is 1. The van der Waals surface area contributed by atoms with Crippen LogP contribution in [0.1, 0.15) is 37.7 Å². The summed E-state index contributed by atoms with van der Waals surface area (Å²) in [6, 6.07) is 14.8. The second kappa shape index (κ2) is 8.79. The van der Waals surface area contributed by atoms with Crippen molar-refractivity contribution in [1.29, 1.82) is 0 Å². The van der Waals surface area contributed by atoms with Crippen LogP contribution in [0.3, 0.4) is 0 Å². The molecule has 1 heterocycles. The summed E-state index contributed by atoms with van der Waals surface area (Å²) in [7, 11) is 2.00. The van der Waals surface area contributed by atoms with Gasteiger partial charge in [-0.25, -0.2) is 0 Å². The van der Waals surface area contributed by atoms with E-state index in [2.05, 4.69) is 63.6 Å². The Morgan fingerprint density at radius 3 is 2.72 bits per heavy atom. The largest absolute Gasteiger partial charge is 0.406 e. The molecular formula is C20H23BrN2OS. The molecule has 0 aliphatic rings. The van der Waals surface area contributed by atoms with Gasteiger partial charge < -0.3 is 4.84 Å². The quantitative estimate of drug-likeness (QED) is 0.403. The summed E-state index contributed by atoms with van der Waals surface area (Å²) >= 11 is 5.01. The van der Waals surface area contributed by atoms with E-state index in [1.54, 1.807) is 0 Å². The van der Waals surface area contributed by atoms with Crippen LogP contribution in [0.25, 0.3) is 10.1 Å². The number of benzene rings is 2. The Hall–Kier alpha value is -1.43. The van der Waals surface area contributed by atoms with Gasteiger partial charge in [0.2, 0.25) is 0 Å². The number of rotatable bonds is 8. The van der Waals surface area contributed by atoms with Gasteiger partial charge in [0.1, 0.15) is 5.75 Å². The monoisotopic (exact) mass is 418 g/mol. The van der Waals surface area contributed by atoms with Crippen molar-refractivity contribution < 1.29 is 4.84 Å². The summed E-state index contributed by atoms with van der Waals surface area (Å²) in [4.78, 5) is 5.98. The first-order chi connectivity index (χ1) is 12.2. The predicted octanol–water partition coefficient (Wildman–Crippen LogP) is 6.26. The van der Waals surface area contributed by atoms with Gasteiger partial charge in [0.25, 0.3) is 0 Å². The third-order valence-electron chi connectivity index (χ3n) is 4.36. The van der Waals surface area contributed by atoms with E-state index >= 15 is 0 Å². The first kappa shape index (κ1) is 18.4. The molecule has 1 atom stereocenters. The zero-order valence-electron chi connectivity index (χ0n) is 14.6. The summed E-state index contributed by atoms with van der Waals surface area (Å²) in [5, 5.41) is 3.10. The normalized spacial score (nSPS) is 12.6. The maximum absolute atomic E-state index is 5.98. The molecule has 0 aliphatic carbocycles. The van der Waals surface area contributed by atoms with Crippen LogP contribution in [-0.2, 0) is 0 Å². The molecule has 1 unspecified atom stereocenters. The second-order valence-corrected chi connectivity index (χ2v) is 8.04. The van der Waals surface area contributed by atoms with Crippen LogP contribution in [-0.4, -0.2) is 23.0 Å². The molecule has 0 fully saturated rings. The van der Waals surface area contributed by atoms with Crippen LogP contribution < -0.4 is 4.84 Å². The van der Waals surface area contributed by atoms with E-state index in [4.69, 9.17) is 4.84 Å². The van der Waals surface area contributed by atoms with Crippen molar-refractivity contribution in [1.82, 2.24) is 9.44 Å². The van der Waals surface area contributed by atoms with E-state index in [-0.39, 0.29) is 0 Å². The Labute approximate surface area is 161 Å². The van der Waals surface area contributed by atoms with Gasteiger partial charge in [-0.3, -0.25) is 0 Å². The lowest BCUT2D eigenvalue weighted by molar-refractivity contribution is -0.0337. The van der Waals surface area contributed by atoms with Crippen molar-refractivity contribution in [3.8, 4) is 5.75 Å². The van der Waals surface area contributed by atoms with Gasteiger partial charge >= 0.3 is 0 Å². The molecule has 0 bridgehead atoms. The maximum atomic E-state index is 5.98. The number of fused-ring (bicyclic) bond motifs is 1. The molecule has 25 heavy (non-hydrogen) atoms. The molecule has 0 N–H and O–H groups in total. The standard InChI is InChI=1S/C20H23BrN2OS/c1-3-4-15(16-5-8-18(21)9-6-16)11-12-23(2)24-19-10-7-17-14-22-25-20(17)13-19/h5-10,13-15H,3-4,11-12H2,1-2H3. The van der Waals surface area contributed by atoms with E-state index in [0.29, 0.717) is 5.92 Å². The van der Waals surface area contributed by atoms with Gasteiger partial charge in [0, 0.05) is 35.7 Å². The van der Waals surface area contributed by atoms with Gasteiger partial charge in [-0.1, -0.05) is 41.4 Å². The molecule has 0 radical (unpaired) electrons. The van der Waals surface area contributed by atoms with Crippen molar-refractivity contribution in [3.05, 3.63) is 58.7 Å². The van der Waals surface area contributed by atoms with Gasteiger partial charge in [-0.2, -0.15) is 4.37 Å². The van der Waals surface area contributed by atoms with Crippen LogP contribution in [0.2, 0.25) is 0 Å². The van der Waals surface area contributed by atoms with E-state index in [9.17, 15) is 0 Å². The van der Waals surface area contributed by atoms with Crippen molar-refractivity contribution in [2.45, 2.75) is 32.1 Å². The lowest BCUT2D eigenvalue weighted by atomic mass is 9.91. The van der Waals surface area contributed by atoms with Gasteiger partial charge in [-0.15, -0.1) is 5.06 Å². The lowest BCUT2D eigenvalue weighted by Gasteiger charge is -2.22. The third-order valence-corrected chi connectivity index (χ3v) is 5.65. The Morgan fingerprint density at radius 2 is 1.96 bits per heavy atom. The van der Waals surface area contributed by atoms with E-state index in [1.165, 1.54) is 35.3 Å². The molecule has 2 aromatic carbocycles. The molecule has 0 saturated heterocycles. The first-order valence-corrected chi connectivity index (χ1v) is 10.2. The smallest absolute Gasteiger partial charge is 0.148 e. The van der Waals surface area contributed by atoms with Crippen molar-refractivity contribution >= 4 is 37.5 Å². The average Bonchev–Trinajstić information content (AvgIpc) is 3.07. The fourth-order valence-electron chi connectivity index (χ4n) is 3.02. The summed E-state index contributed by atoms with van der Waals surface area (Å²) in [6.45, 7) is 3.14. The highest BCUT2D eigenvalue weighted by atomic mass is 79.9. The van der Waals surface area contributed by atoms with Crippen molar-refractivity contribution in [2.75, 3.05) is 13.6 Å². The minimum absolute atomic E-state index is 0.563. The summed E-state index contributed by atoms with van der Waals surface area (Å²) in [6.07, 6.45) is 5.35. The fourth-order valence-corrected chi connectivity index (χ4v) is 3.96. The van der Waals surface area contributed by atoms with Gasteiger partial charge in [-0.05, 0) is 60.1 Å². The fraction of sp³-hybridized carbons (Fsp3) is 0.350. The molecule has 0 spiro atoms. The number of hydroxylamine groups is 2. The van der Waals surface area contributed by atoms with Crippen LogP contribution in [0.5, 0.6) is 5.75 Å². The van der Waals surface area contributed by atoms with E-state index in [0.717, 1.165) is 27.9 Å². The second-order valence-electron chi connectivity index (χ2n) is 6.29. The summed E-state index contributed by atoms with van der Waals surface area (Å²) < 4.78 is 6.50. The highest BCUT2D eigenvalue weighted by Crippen LogP contribution is 2.27. The molecule has 0 amide bonds. The van der Waals surface area contributed by atoms with Crippen molar-refractivity contribution in [2.24, 2.45) is 0 Å². The minimum atomic E-state index is 0.563. The third kappa shape index (κ3) is 5.03. The first-order valence-electron chi connectivity index (χ1n) is 8.64. The summed E-state index contributed by atoms with van der Waals surface area (Å²) in [5.41, 5.74) is 1.41. The predicted molar refractivity (Wildman–Crippen MR) is 109 cm³/mol. The van der Waals surface area contributed by atoms with Crippen LogP contribution in [0.15, 0.2) is 53.1 Å². The zero-order valence-corrected chi connectivity index (χ0v) is 17.0. The molecule has 3 rings (SSSR count). The zero-order chi connectivity index (χ0) is 17.6. The molecular weight excluding hydrogens is 396 g/mol. The highest BCUT2D eigenvalue weighted by Gasteiger charge is 2.13. The molecule has 132 valence electrons. The van der Waals surface area contributed by atoms with E-state index in [1.807, 2.05) is 24.4 Å². The molecule has 3 nitrogen and oxygen atoms in total. The van der Waals surface area contributed by atoms with Gasteiger partial charge in [0.15, 0.2) is 0 Å². The van der Waals surface area contributed by atoms with Crippen LogP contribution in [0.4, 0.5) is 0 Å². The number of nitrogens with zero attached hydrogens (tertiary/aromatic N) is 2.